The molecule has 0 amide bonds. The number of nitrogens with zero attached hydrogens (tertiary/aromatic N) is 1. The van der Waals surface area contributed by atoms with Crippen molar-refractivity contribution >= 4 is 43.8 Å². The van der Waals surface area contributed by atoms with Gasteiger partial charge < -0.3 is 5.73 Å². The van der Waals surface area contributed by atoms with Crippen molar-refractivity contribution in [1.29, 1.82) is 0 Å². The van der Waals surface area contributed by atoms with E-state index in [-0.39, 0.29) is 19.6 Å². The summed E-state index contributed by atoms with van der Waals surface area (Å²) in [6.45, 7) is 0.335. The third-order valence-corrected chi connectivity index (χ3v) is 7.96. The molecule has 7 nitrogen and oxygen atoms in total. The third kappa shape index (κ3) is 3.50. The highest BCUT2D eigenvalue weighted by atomic mass is 32.2. The molecule has 3 N–H and O–H groups in total. The molecule has 1 fully saturated rings. The van der Waals surface area contributed by atoms with E-state index in [4.69, 9.17) is 5.73 Å². The quantitative estimate of drug-likeness (QED) is 0.599. The van der Waals surface area contributed by atoms with Crippen LogP contribution in [0.5, 0.6) is 0 Å². The Kier molecular flexibility index (Phi) is 4.81. The minimum absolute atomic E-state index is 0.0677. The second kappa shape index (κ2) is 6.11. The fourth-order valence-electron chi connectivity index (χ4n) is 2.42. The zero-order valence-electron chi connectivity index (χ0n) is 11.5. The fourth-order valence-corrected chi connectivity index (χ4v) is 5.81. The zero-order valence-corrected chi connectivity index (χ0v) is 13.9. The van der Waals surface area contributed by atoms with Gasteiger partial charge in [-0.05, 0) is 19.1 Å². The lowest BCUT2D eigenvalue weighted by Crippen LogP contribution is -2.38. The first-order chi connectivity index (χ1) is 9.80. The van der Waals surface area contributed by atoms with E-state index in [9.17, 15) is 18.5 Å². The summed E-state index contributed by atoms with van der Waals surface area (Å²) in [6.07, 6.45) is 6.13. The molecule has 21 heavy (non-hydrogen) atoms. The summed E-state index contributed by atoms with van der Waals surface area (Å²) in [5.74, 6) is 0. The Morgan fingerprint density at radius 1 is 1.52 bits per heavy atom. The number of rotatable bonds is 6. The predicted molar refractivity (Wildman–Crippen MR) is 85.3 cm³/mol. The second-order valence-electron chi connectivity index (χ2n) is 4.99. The molecule has 1 saturated carbocycles. The molecular weight excluding hydrogens is 334 g/mol. The van der Waals surface area contributed by atoms with E-state index in [1.54, 1.807) is 11.8 Å². The van der Waals surface area contributed by atoms with Gasteiger partial charge >= 0.3 is 5.69 Å². The number of nitrogens with two attached hydrogens (primary N) is 1. The van der Waals surface area contributed by atoms with Crippen LogP contribution in [0.3, 0.4) is 0 Å². The first-order valence-corrected chi connectivity index (χ1v) is 9.91. The van der Waals surface area contributed by atoms with Crippen LogP contribution in [0, 0.1) is 10.1 Å². The maximum atomic E-state index is 12.2. The van der Waals surface area contributed by atoms with Crippen molar-refractivity contribution in [3.8, 4) is 0 Å². The van der Waals surface area contributed by atoms with Crippen molar-refractivity contribution in [2.45, 2.75) is 34.6 Å². The van der Waals surface area contributed by atoms with E-state index in [1.165, 1.54) is 0 Å². The normalized spacial score (nSPS) is 18.0. The number of hydrogen-bond donors (Lipinski definition) is 2. The highest BCUT2D eigenvalue weighted by Gasteiger charge is 2.35. The molecule has 2 rings (SSSR count). The molecule has 0 bridgehead atoms. The lowest BCUT2D eigenvalue weighted by molar-refractivity contribution is -0.383. The molecule has 0 aromatic carbocycles. The number of anilines is 1. The summed E-state index contributed by atoms with van der Waals surface area (Å²) in [4.78, 5) is 10.1. The molecule has 0 saturated heterocycles. The number of sulfonamides is 1. The molecule has 1 aliphatic carbocycles. The van der Waals surface area contributed by atoms with Crippen molar-refractivity contribution in [1.82, 2.24) is 4.72 Å². The Hall–Kier alpha value is -0.840. The topological polar surface area (TPSA) is 115 Å². The first-order valence-electron chi connectivity index (χ1n) is 6.38. The number of nitro groups is 1. The van der Waals surface area contributed by atoms with Gasteiger partial charge in [0.25, 0.3) is 0 Å². The molecule has 1 aromatic heterocycles. The Morgan fingerprint density at radius 2 is 2.14 bits per heavy atom. The van der Waals surface area contributed by atoms with Gasteiger partial charge in [-0.1, -0.05) is 24.2 Å². The van der Waals surface area contributed by atoms with Gasteiger partial charge in [-0.25, -0.2) is 13.1 Å². The van der Waals surface area contributed by atoms with Crippen LogP contribution in [0.25, 0.3) is 0 Å². The summed E-state index contributed by atoms with van der Waals surface area (Å²) in [7, 11) is -3.76. The van der Waals surface area contributed by atoms with Crippen molar-refractivity contribution in [2.24, 2.45) is 0 Å². The molecular formula is C11H17N3O4S3. The molecule has 1 aromatic rings. The molecule has 10 heteroatoms. The standard InChI is InChI=1S/C11H17N3O4S3/c1-19-11(4-2-3-5-11)7-13-21(17,18)9-6-8(14(15)16)10(12)20-9/h6,13H,2-5,7,12H2,1H3. The Labute approximate surface area is 131 Å². The Bertz CT molecular complexity index is 635. The van der Waals surface area contributed by atoms with Gasteiger partial charge in [0.1, 0.15) is 4.21 Å². The van der Waals surface area contributed by atoms with Gasteiger partial charge in [0.2, 0.25) is 10.0 Å². The van der Waals surface area contributed by atoms with Crippen LogP contribution < -0.4 is 10.5 Å². The molecule has 118 valence electrons. The number of thioether (sulfide) groups is 1. The van der Waals surface area contributed by atoms with E-state index in [1.807, 2.05) is 6.26 Å². The largest absolute Gasteiger partial charge is 0.385 e. The minimum atomic E-state index is -3.76. The summed E-state index contributed by atoms with van der Waals surface area (Å²) in [5, 5.41) is 10.6. The Morgan fingerprint density at radius 3 is 2.62 bits per heavy atom. The number of hydrogen-bond acceptors (Lipinski definition) is 7. The lowest BCUT2D eigenvalue weighted by Gasteiger charge is -2.26. The van der Waals surface area contributed by atoms with Crippen molar-refractivity contribution in [2.75, 3.05) is 18.5 Å². The van der Waals surface area contributed by atoms with Crippen molar-refractivity contribution in [3.05, 3.63) is 16.2 Å². The van der Waals surface area contributed by atoms with Crippen LogP contribution in [0.1, 0.15) is 25.7 Å². The number of nitrogens with one attached hydrogen (secondary N) is 1. The van der Waals surface area contributed by atoms with E-state index >= 15 is 0 Å². The SMILES string of the molecule is CSC1(CNS(=O)(=O)c2cc([N+](=O)[O-])c(N)s2)CCCC1. The van der Waals surface area contributed by atoms with E-state index in [0.717, 1.165) is 43.1 Å². The molecule has 0 spiro atoms. The predicted octanol–water partition coefficient (Wildman–Crippen LogP) is 2.19. The molecule has 0 atom stereocenters. The summed E-state index contributed by atoms with van der Waals surface area (Å²) in [6, 6.07) is 1.02. The summed E-state index contributed by atoms with van der Waals surface area (Å²) < 4.78 is 26.9. The van der Waals surface area contributed by atoms with Gasteiger partial charge in [-0.3, -0.25) is 10.1 Å². The maximum absolute atomic E-state index is 12.2. The summed E-state index contributed by atoms with van der Waals surface area (Å²) >= 11 is 2.39. The van der Waals surface area contributed by atoms with Crippen LogP contribution in [0.15, 0.2) is 10.3 Å². The average Bonchev–Trinajstić information content (AvgIpc) is 3.04. The van der Waals surface area contributed by atoms with Gasteiger partial charge in [0.05, 0.1) is 4.92 Å². The number of nitrogen functional groups attached to an aromatic ring is 1. The van der Waals surface area contributed by atoms with Crippen LogP contribution in [-0.4, -0.2) is 30.9 Å². The van der Waals surface area contributed by atoms with Crippen LogP contribution in [0.2, 0.25) is 0 Å². The van der Waals surface area contributed by atoms with Crippen LogP contribution >= 0.6 is 23.1 Å². The van der Waals surface area contributed by atoms with Crippen LogP contribution in [0.4, 0.5) is 10.7 Å². The Balaban J connectivity index is 2.15. The zero-order chi connectivity index (χ0) is 15.7. The minimum Gasteiger partial charge on any atom is -0.385 e. The average molecular weight is 351 g/mol. The lowest BCUT2D eigenvalue weighted by atomic mass is 10.1. The van der Waals surface area contributed by atoms with Crippen molar-refractivity contribution < 1.29 is 13.3 Å². The molecule has 1 aliphatic rings. The molecule has 0 radical (unpaired) electrons. The van der Waals surface area contributed by atoms with E-state index < -0.39 is 14.9 Å². The monoisotopic (exact) mass is 351 g/mol. The highest BCUT2D eigenvalue weighted by molar-refractivity contribution is 8.00. The first kappa shape index (κ1) is 16.5. The molecule has 1 heterocycles. The van der Waals surface area contributed by atoms with E-state index in [2.05, 4.69) is 4.72 Å². The number of thiophene rings is 1. The van der Waals surface area contributed by atoms with E-state index in [0.29, 0.717) is 6.54 Å². The maximum Gasteiger partial charge on any atom is 0.304 e. The third-order valence-electron chi connectivity index (χ3n) is 3.71. The van der Waals surface area contributed by atoms with Gasteiger partial charge in [-0.2, -0.15) is 11.8 Å². The second-order valence-corrected chi connectivity index (χ2v) is 9.34. The smallest absolute Gasteiger partial charge is 0.304 e. The molecule has 0 aliphatic heterocycles. The van der Waals surface area contributed by atoms with Gasteiger partial charge in [0, 0.05) is 17.4 Å². The highest BCUT2D eigenvalue weighted by Crippen LogP contribution is 2.40. The fraction of sp³-hybridized carbons (Fsp3) is 0.636. The van der Waals surface area contributed by atoms with Gasteiger partial charge in [0.15, 0.2) is 5.00 Å². The van der Waals surface area contributed by atoms with Gasteiger partial charge in [-0.15, -0.1) is 0 Å². The molecule has 0 unspecified atom stereocenters. The van der Waals surface area contributed by atoms with Crippen LogP contribution in [-0.2, 0) is 10.0 Å². The summed E-state index contributed by atoms with van der Waals surface area (Å²) in [5.41, 5.74) is 5.13. The van der Waals surface area contributed by atoms with Crippen molar-refractivity contribution in [3.63, 3.8) is 0 Å².